The fourth-order valence-electron chi connectivity index (χ4n) is 5.43. The number of fused-ring (bicyclic) bond motifs is 2. The van der Waals surface area contributed by atoms with Gasteiger partial charge in [0.2, 0.25) is 0 Å². The Hall–Kier alpha value is -2.40. The van der Waals surface area contributed by atoms with Crippen molar-refractivity contribution in [3.8, 4) is 5.75 Å². The van der Waals surface area contributed by atoms with E-state index in [1.54, 1.807) is 0 Å². The molecule has 3 aromatic carbocycles. The number of rotatable bonds is 4. The summed E-state index contributed by atoms with van der Waals surface area (Å²) in [5, 5.41) is 13.3. The van der Waals surface area contributed by atoms with Gasteiger partial charge in [-0.15, -0.1) is 0 Å². The van der Waals surface area contributed by atoms with Crippen LogP contribution in [0.25, 0.3) is 10.8 Å². The van der Waals surface area contributed by atoms with Crippen LogP contribution in [0.2, 0.25) is 0 Å². The van der Waals surface area contributed by atoms with E-state index in [4.69, 9.17) is 10.5 Å². The van der Waals surface area contributed by atoms with Gasteiger partial charge in [-0.3, -0.25) is 4.90 Å². The minimum Gasteiger partial charge on any atom is -0.507 e. The van der Waals surface area contributed by atoms with Gasteiger partial charge in [0.05, 0.1) is 12.2 Å². The maximum Gasteiger partial charge on any atom is 0.122 e. The summed E-state index contributed by atoms with van der Waals surface area (Å²) in [7, 11) is 0. The molecule has 0 amide bonds. The number of phenolic OH excluding ortho intramolecular Hbond substituents is 1. The first-order valence-electron chi connectivity index (χ1n) is 11.5. The number of phenols is 1. The molecular formula is C27H32N2O2. The standard InChI is InChI=1S/C27H32N2O2/c1-18-9-10-23-24(27(18)30)15-25(31-26(23)16-28)20-11-13-29(14-12-20)17-21-7-4-6-19-5-2-3-8-22(19)21/h2-10,20,25-26,30H,11-17,28H2,1H3/t25-,26-/m0/s1. The molecule has 0 aromatic heterocycles. The zero-order valence-electron chi connectivity index (χ0n) is 18.3. The Bertz CT molecular complexity index is 1070. The molecule has 2 heterocycles. The van der Waals surface area contributed by atoms with Gasteiger partial charge in [-0.1, -0.05) is 54.6 Å². The summed E-state index contributed by atoms with van der Waals surface area (Å²) < 4.78 is 6.45. The molecule has 31 heavy (non-hydrogen) atoms. The molecule has 5 rings (SSSR count). The number of piperidine rings is 1. The lowest BCUT2D eigenvalue weighted by atomic mass is 9.83. The molecule has 0 aliphatic carbocycles. The van der Waals surface area contributed by atoms with Gasteiger partial charge in [0, 0.05) is 25.1 Å². The van der Waals surface area contributed by atoms with Crippen molar-refractivity contribution in [1.82, 2.24) is 4.90 Å². The van der Waals surface area contributed by atoms with Crippen LogP contribution in [0.4, 0.5) is 0 Å². The van der Waals surface area contributed by atoms with E-state index in [9.17, 15) is 5.11 Å². The van der Waals surface area contributed by atoms with Crippen LogP contribution in [-0.4, -0.2) is 35.7 Å². The summed E-state index contributed by atoms with van der Waals surface area (Å²) in [6.45, 7) is 5.56. The normalized spacial score (nSPS) is 22.5. The molecule has 1 saturated heterocycles. The van der Waals surface area contributed by atoms with Crippen LogP contribution in [0.1, 0.15) is 41.2 Å². The Morgan fingerprint density at radius 2 is 1.81 bits per heavy atom. The van der Waals surface area contributed by atoms with Crippen molar-refractivity contribution in [1.29, 1.82) is 0 Å². The maximum atomic E-state index is 10.7. The summed E-state index contributed by atoms with van der Waals surface area (Å²) in [6.07, 6.45) is 3.04. The van der Waals surface area contributed by atoms with E-state index in [2.05, 4.69) is 53.4 Å². The van der Waals surface area contributed by atoms with E-state index in [1.807, 2.05) is 13.0 Å². The molecule has 2 atom stereocenters. The summed E-state index contributed by atoms with van der Waals surface area (Å²) in [5.74, 6) is 0.934. The SMILES string of the molecule is Cc1ccc2c(c1O)C[C@@H](C1CCN(Cc3cccc4ccccc34)CC1)O[C@H]2CN. The predicted molar refractivity (Wildman–Crippen MR) is 125 cm³/mol. The molecule has 0 bridgehead atoms. The van der Waals surface area contributed by atoms with Gasteiger partial charge < -0.3 is 15.6 Å². The number of benzene rings is 3. The fourth-order valence-corrected chi connectivity index (χ4v) is 5.43. The Morgan fingerprint density at radius 3 is 2.61 bits per heavy atom. The molecule has 3 N–H and O–H groups in total. The van der Waals surface area contributed by atoms with Crippen LogP contribution >= 0.6 is 0 Å². The Labute approximate surface area is 184 Å². The average Bonchev–Trinajstić information content (AvgIpc) is 2.81. The third-order valence-corrected chi connectivity index (χ3v) is 7.26. The molecule has 0 unspecified atom stereocenters. The van der Waals surface area contributed by atoms with E-state index in [1.165, 1.54) is 16.3 Å². The first-order chi connectivity index (χ1) is 15.1. The highest BCUT2D eigenvalue weighted by Crippen LogP contribution is 2.40. The van der Waals surface area contributed by atoms with Crippen LogP contribution in [0.5, 0.6) is 5.75 Å². The van der Waals surface area contributed by atoms with Gasteiger partial charge in [-0.25, -0.2) is 0 Å². The number of hydrogen-bond acceptors (Lipinski definition) is 4. The van der Waals surface area contributed by atoms with Crippen molar-refractivity contribution < 1.29 is 9.84 Å². The number of hydrogen-bond donors (Lipinski definition) is 2. The molecule has 1 fully saturated rings. The van der Waals surface area contributed by atoms with Gasteiger partial charge in [0.25, 0.3) is 0 Å². The minimum atomic E-state index is -0.117. The molecule has 2 aliphatic rings. The van der Waals surface area contributed by atoms with Crippen molar-refractivity contribution in [2.24, 2.45) is 11.7 Å². The Kier molecular flexibility index (Phi) is 5.70. The van der Waals surface area contributed by atoms with E-state index in [-0.39, 0.29) is 12.2 Å². The largest absolute Gasteiger partial charge is 0.507 e. The van der Waals surface area contributed by atoms with Crippen LogP contribution in [0, 0.1) is 12.8 Å². The smallest absolute Gasteiger partial charge is 0.122 e. The summed E-state index contributed by atoms with van der Waals surface area (Å²) >= 11 is 0. The number of aromatic hydroxyl groups is 1. The number of nitrogens with two attached hydrogens (primary N) is 1. The zero-order chi connectivity index (χ0) is 21.4. The molecule has 3 aromatic rings. The summed E-state index contributed by atoms with van der Waals surface area (Å²) in [5.41, 5.74) is 10.5. The Morgan fingerprint density at radius 1 is 1.03 bits per heavy atom. The molecule has 162 valence electrons. The van der Waals surface area contributed by atoms with Gasteiger partial charge >= 0.3 is 0 Å². The van der Waals surface area contributed by atoms with Crippen LogP contribution < -0.4 is 5.73 Å². The molecular weight excluding hydrogens is 384 g/mol. The van der Waals surface area contributed by atoms with E-state index in [0.29, 0.717) is 18.2 Å². The van der Waals surface area contributed by atoms with Gasteiger partial charge in [0.15, 0.2) is 0 Å². The Balaban J connectivity index is 1.27. The summed E-state index contributed by atoms with van der Waals surface area (Å²) in [6, 6.07) is 19.3. The van der Waals surface area contributed by atoms with E-state index < -0.39 is 0 Å². The molecule has 0 radical (unpaired) electrons. The van der Waals surface area contributed by atoms with Crippen molar-refractivity contribution in [2.45, 2.75) is 44.9 Å². The molecule has 0 spiro atoms. The molecule has 4 nitrogen and oxygen atoms in total. The second-order valence-corrected chi connectivity index (χ2v) is 9.15. The van der Waals surface area contributed by atoms with E-state index in [0.717, 1.165) is 55.6 Å². The molecule has 4 heteroatoms. The van der Waals surface area contributed by atoms with Crippen molar-refractivity contribution in [3.05, 3.63) is 76.9 Å². The van der Waals surface area contributed by atoms with Crippen LogP contribution in [-0.2, 0) is 17.7 Å². The lowest BCUT2D eigenvalue weighted by Crippen LogP contribution is -2.42. The number of ether oxygens (including phenoxy) is 1. The van der Waals surface area contributed by atoms with Crippen LogP contribution in [0.15, 0.2) is 54.6 Å². The second-order valence-electron chi connectivity index (χ2n) is 9.15. The third kappa shape index (κ3) is 3.96. The number of likely N-dealkylation sites (tertiary alicyclic amines) is 1. The van der Waals surface area contributed by atoms with Crippen molar-refractivity contribution in [2.75, 3.05) is 19.6 Å². The first-order valence-corrected chi connectivity index (χ1v) is 11.5. The summed E-state index contributed by atoms with van der Waals surface area (Å²) in [4.78, 5) is 2.57. The van der Waals surface area contributed by atoms with Gasteiger partial charge in [-0.05, 0) is 66.2 Å². The van der Waals surface area contributed by atoms with E-state index >= 15 is 0 Å². The van der Waals surface area contributed by atoms with Gasteiger partial charge in [-0.2, -0.15) is 0 Å². The van der Waals surface area contributed by atoms with Gasteiger partial charge in [0.1, 0.15) is 5.75 Å². The molecule has 0 saturated carbocycles. The fraction of sp³-hybridized carbons (Fsp3) is 0.407. The predicted octanol–water partition coefficient (Wildman–Crippen LogP) is 4.71. The topological polar surface area (TPSA) is 58.7 Å². The zero-order valence-corrected chi connectivity index (χ0v) is 18.3. The lowest BCUT2D eigenvalue weighted by Gasteiger charge is -2.40. The second kappa shape index (κ2) is 8.62. The lowest BCUT2D eigenvalue weighted by molar-refractivity contribution is -0.0651. The highest BCUT2D eigenvalue weighted by atomic mass is 16.5. The number of nitrogens with zero attached hydrogens (tertiary/aromatic N) is 1. The van der Waals surface area contributed by atoms with Crippen molar-refractivity contribution >= 4 is 10.8 Å². The average molecular weight is 417 g/mol. The van der Waals surface area contributed by atoms with Crippen LogP contribution in [0.3, 0.4) is 0 Å². The minimum absolute atomic E-state index is 0.117. The van der Waals surface area contributed by atoms with Crippen molar-refractivity contribution in [3.63, 3.8) is 0 Å². The number of aryl methyl sites for hydroxylation is 1. The highest BCUT2D eigenvalue weighted by Gasteiger charge is 2.35. The third-order valence-electron chi connectivity index (χ3n) is 7.26. The first kappa shape index (κ1) is 20.5. The monoisotopic (exact) mass is 416 g/mol. The maximum absolute atomic E-state index is 10.7. The molecule has 2 aliphatic heterocycles. The highest BCUT2D eigenvalue weighted by molar-refractivity contribution is 5.85. The quantitative estimate of drug-likeness (QED) is 0.647.